The minimum atomic E-state index is 0.0406. The Labute approximate surface area is 160 Å². The van der Waals surface area contributed by atoms with E-state index in [-0.39, 0.29) is 17.5 Å². The largest absolute Gasteiger partial charge is 0.333 e. The maximum atomic E-state index is 13.1. The van der Waals surface area contributed by atoms with Crippen molar-refractivity contribution in [3.63, 3.8) is 0 Å². The summed E-state index contributed by atoms with van der Waals surface area (Å²) in [5, 5.41) is 12.0. The second-order valence-electron chi connectivity index (χ2n) is 8.66. The van der Waals surface area contributed by atoms with Gasteiger partial charge in [-0.15, -0.1) is 10.2 Å². The minimum Gasteiger partial charge on any atom is -0.333 e. The van der Waals surface area contributed by atoms with Gasteiger partial charge in [-0.2, -0.15) is 0 Å². The SMILES string of the molecule is CC(C)c1nnc2n1C[C@H](NC(=O)N1CC3(CCC3)c3ccccc31)CC2. The van der Waals surface area contributed by atoms with Crippen molar-refractivity contribution in [1.29, 1.82) is 0 Å². The van der Waals surface area contributed by atoms with Gasteiger partial charge in [0.05, 0.1) is 0 Å². The monoisotopic (exact) mass is 365 g/mol. The molecule has 27 heavy (non-hydrogen) atoms. The highest BCUT2D eigenvalue weighted by Gasteiger charge is 2.48. The molecule has 142 valence electrons. The summed E-state index contributed by atoms with van der Waals surface area (Å²) in [6.45, 7) is 5.86. The number of urea groups is 1. The lowest BCUT2D eigenvalue weighted by atomic mass is 9.66. The van der Waals surface area contributed by atoms with Crippen molar-refractivity contribution in [3.8, 4) is 0 Å². The highest BCUT2D eigenvalue weighted by molar-refractivity contribution is 5.95. The Bertz CT molecular complexity index is 882. The number of nitrogens with one attached hydrogen (secondary N) is 1. The molecule has 1 aliphatic carbocycles. The zero-order chi connectivity index (χ0) is 18.6. The number of nitrogens with zero attached hydrogens (tertiary/aromatic N) is 4. The number of para-hydroxylation sites is 1. The van der Waals surface area contributed by atoms with E-state index in [2.05, 4.69) is 52.1 Å². The topological polar surface area (TPSA) is 63.1 Å². The third kappa shape index (κ3) is 2.57. The number of aryl methyl sites for hydroxylation is 1. The van der Waals surface area contributed by atoms with Crippen LogP contribution in [0.3, 0.4) is 0 Å². The Balaban J connectivity index is 1.34. The van der Waals surface area contributed by atoms with E-state index in [0.29, 0.717) is 5.92 Å². The summed E-state index contributed by atoms with van der Waals surface area (Å²) < 4.78 is 2.20. The van der Waals surface area contributed by atoms with E-state index in [1.54, 1.807) is 0 Å². The smallest absolute Gasteiger partial charge is 0.322 e. The molecule has 1 fully saturated rings. The highest BCUT2D eigenvalue weighted by atomic mass is 16.2. The fourth-order valence-corrected chi connectivity index (χ4v) is 4.99. The average Bonchev–Trinajstić information content (AvgIpc) is 3.20. The summed E-state index contributed by atoms with van der Waals surface area (Å²) in [6, 6.07) is 8.61. The minimum absolute atomic E-state index is 0.0406. The Kier molecular flexibility index (Phi) is 3.78. The molecule has 2 aromatic rings. The predicted molar refractivity (Wildman–Crippen MR) is 104 cm³/mol. The molecule has 1 aromatic heterocycles. The predicted octanol–water partition coefficient (Wildman–Crippen LogP) is 3.37. The summed E-state index contributed by atoms with van der Waals surface area (Å²) in [5.41, 5.74) is 2.66. The molecule has 6 heteroatoms. The molecular formula is C21H27N5O. The fourth-order valence-electron chi connectivity index (χ4n) is 4.99. The summed E-state index contributed by atoms with van der Waals surface area (Å²) in [7, 11) is 0. The lowest BCUT2D eigenvalue weighted by Gasteiger charge is -2.39. The molecule has 1 N–H and O–H groups in total. The van der Waals surface area contributed by atoms with Crippen molar-refractivity contribution in [1.82, 2.24) is 20.1 Å². The molecule has 2 aliphatic heterocycles. The van der Waals surface area contributed by atoms with Crippen molar-refractivity contribution in [2.45, 2.75) is 69.9 Å². The third-order valence-corrected chi connectivity index (χ3v) is 6.60. The third-order valence-electron chi connectivity index (χ3n) is 6.60. The Morgan fingerprint density at radius 2 is 2.07 bits per heavy atom. The quantitative estimate of drug-likeness (QED) is 0.887. The number of anilines is 1. The molecule has 3 aliphatic rings. The number of carbonyl (C=O) groups is 1. The summed E-state index contributed by atoms with van der Waals surface area (Å²) in [6.07, 6.45) is 5.44. The van der Waals surface area contributed by atoms with Gasteiger partial charge >= 0.3 is 6.03 Å². The molecule has 0 unspecified atom stereocenters. The first-order valence-corrected chi connectivity index (χ1v) is 10.2. The van der Waals surface area contributed by atoms with Crippen LogP contribution in [0.25, 0.3) is 0 Å². The molecule has 2 amide bonds. The van der Waals surface area contributed by atoms with Gasteiger partial charge in [0, 0.05) is 42.6 Å². The first-order valence-electron chi connectivity index (χ1n) is 10.2. The number of carbonyl (C=O) groups excluding carboxylic acids is 1. The van der Waals surface area contributed by atoms with Gasteiger partial charge in [-0.25, -0.2) is 4.79 Å². The molecule has 1 atom stereocenters. The van der Waals surface area contributed by atoms with E-state index in [0.717, 1.165) is 43.3 Å². The molecule has 1 aromatic carbocycles. The van der Waals surface area contributed by atoms with Crippen LogP contribution in [0.15, 0.2) is 24.3 Å². The normalized spacial score (nSPS) is 22.5. The number of amides is 2. The van der Waals surface area contributed by atoms with Crippen LogP contribution in [0.4, 0.5) is 10.5 Å². The molecule has 3 heterocycles. The van der Waals surface area contributed by atoms with Gasteiger partial charge in [0.2, 0.25) is 0 Å². The highest BCUT2D eigenvalue weighted by Crippen LogP contribution is 2.52. The molecule has 0 saturated heterocycles. The molecule has 0 radical (unpaired) electrons. The van der Waals surface area contributed by atoms with E-state index < -0.39 is 0 Å². The van der Waals surface area contributed by atoms with Crippen LogP contribution in [0.2, 0.25) is 0 Å². The van der Waals surface area contributed by atoms with Crippen LogP contribution in [0.5, 0.6) is 0 Å². The maximum Gasteiger partial charge on any atom is 0.322 e. The van der Waals surface area contributed by atoms with Crippen LogP contribution in [-0.2, 0) is 18.4 Å². The van der Waals surface area contributed by atoms with Crippen molar-refractivity contribution < 1.29 is 4.79 Å². The van der Waals surface area contributed by atoms with Crippen LogP contribution >= 0.6 is 0 Å². The van der Waals surface area contributed by atoms with E-state index >= 15 is 0 Å². The molecule has 5 rings (SSSR count). The first kappa shape index (κ1) is 16.8. The van der Waals surface area contributed by atoms with E-state index in [1.165, 1.54) is 24.8 Å². The summed E-state index contributed by atoms with van der Waals surface area (Å²) in [4.78, 5) is 15.1. The Morgan fingerprint density at radius 3 is 2.81 bits per heavy atom. The number of aromatic nitrogens is 3. The van der Waals surface area contributed by atoms with E-state index in [1.807, 2.05) is 11.0 Å². The van der Waals surface area contributed by atoms with Gasteiger partial charge in [0.15, 0.2) is 0 Å². The summed E-state index contributed by atoms with van der Waals surface area (Å²) >= 11 is 0. The van der Waals surface area contributed by atoms with Crippen molar-refractivity contribution in [2.24, 2.45) is 0 Å². The number of benzene rings is 1. The zero-order valence-electron chi connectivity index (χ0n) is 16.1. The fraction of sp³-hybridized carbons (Fsp3) is 0.571. The van der Waals surface area contributed by atoms with Crippen molar-refractivity contribution in [2.75, 3.05) is 11.4 Å². The van der Waals surface area contributed by atoms with Gasteiger partial charge in [-0.05, 0) is 30.9 Å². The van der Waals surface area contributed by atoms with Crippen molar-refractivity contribution in [3.05, 3.63) is 41.5 Å². The van der Waals surface area contributed by atoms with Crippen LogP contribution in [-0.4, -0.2) is 33.4 Å². The van der Waals surface area contributed by atoms with Gasteiger partial charge in [-0.1, -0.05) is 38.5 Å². The molecule has 0 bridgehead atoms. The van der Waals surface area contributed by atoms with Gasteiger partial charge in [0.25, 0.3) is 0 Å². The second-order valence-corrected chi connectivity index (χ2v) is 8.66. The number of rotatable bonds is 2. The standard InChI is InChI=1S/C21H27N5O/c1-14(2)19-24-23-18-9-8-15(12-25(18)19)22-20(27)26-13-21(10-5-11-21)16-6-3-4-7-17(16)26/h3-4,6-7,14-15H,5,8-13H2,1-2H3,(H,22,27)/t15-/m1/s1. The molecule has 1 spiro atoms. The van der Waals surface area contributed by atoms with Crippen LogP contribution in [0, 0.1) is 0 Å². The number of fused-ring (bicyclic) bond motifs is 3. The molecule has 1 saturated carbocycles. The van der Waals surface area contributed by atoms with Gasteiger partial charge in [-0.3, -0.25) is 4.90 Å². The average molecular weight is 365 g/mol. The Morgan fingerprint density at radius 1 is 1.26 bits per heavy atom. The van der Waals surface area contributed by atoms with Crippen LogP contribution < -0.4 is 10.2 Å². The summed E-state index contributed by atoms with van der Waals surface area (Å²) in [5.74, 6) is 2.40. The van der Waals surface area contributed by atoms with E-state index in [4.69, 9.17) is 0 Å². The lowest BCUT2D eigenvalue weighted by molar-refractivity contribution is 0.229. The van der Waals surface area contributed by atoms with Crippen LogP contribution in [0.1, 0.15) is 62.7 Å². The molecular weight excluding hydrogens is 338 g/mol. The number of hydrogen-bond acceptors (Lipinski definition) is 3. The second kappa shape index (κ2) is 6.08. The maximum absolute atomic E-state index is 13.1. The lowest BCUT2D eigenvalue weighted by Crippen LogP contribution is -2.50. The van der Waals surface area contributed by atoms with Crippen molar-refractivity contribution >= 4 is 11.7 Å². The zero-order valence-corrected chi connectivity index (χ0v) is 16.1. The molecule has 6 nitrogen and oxygen atoms in total. The van der Waals surface area contributed by atoms with Gasteiger partial charge in [0.1, 0.15) is 11.6 Å². The first-order chi connectivity index (χ1) is 13.1. The van der Waals surface area contributed by atoms with Gasteiger partial charge < -0.3 is 9.88 Å². The Hall–Kier alpha value is -2.37. The van der Waals surface area contributed by atoms with E-state index in [9.17, 15) is 4.79 Å². The number of hydrogen-bond donors (Lipinski definition) is 1.